The molecule has 0 fully saturated rings. The maximum absolute atomic E-state index is 5.70. The first-order valence-corrected chi connectivity index (χ1v) is 7.44. The SMILES string of the molecule is COC(OC)c1csc(C2CCOc3ccccc32)n1. The fourth-order valence-corrected chi connectivity index (χ4v) is 3.48. The molecule has 106 valence electrons. The molecule has 0 aliphatic carbocycles. The zero-order valence-electron chi connectivity index (χ0n) is 11.5. The third kappa shape index (κ3) is 2.44. The van der Waals surface area contributed by atoms with Crippen molar-refractivity contribution in [1.82, 2.24) is 4.98 Å². The van der Waals surface area contributed by atoms with E-state index < -0.39 is 6.29 Å². The Morgan fingerprint density at radius 2 is 2.10 bits per heavy atom. The second-order valence-electron chi connectivity index (χ2n) is 4.64. The quantitative estimate of drug-likeness (QED) is 0.810. The monoisotopic (exact) mass is 291 g/mol. The lowest BCUT2D eigenvalue weighted by molar-refractivity contribution is -0.108. The van der Waals surface area contributed by atoms with Crippen molar-refractivity contribution in [3.8, 4) is 5.75 Å². The summed E-state index contributed by atoms with van der Waals surface area (Å²) in [6.07, 6.45) is 0.560. The van der Waals surface area contributed by atoms with Crippen molar-refractivity contribution in [3.05, 3.63) is 45.9 Å². The molecule has 1 aromatic carbocycles. The molecule has 1 aliphatic heterocycles. The molecule has 5 heteroatoms. The summed E-state index contributed by atoms with van der Waals surface area (Å²) in [4.78, 5) is 4.69. The first-order valence-electron chi connectivity index (χ1n) is 6.56. The smallest absolute Gasteiger partial charge is 0.201 e. The summed E-state index contributed by atoms with van der Waals surface area (Å²) in [5, 5.41) is 3.10. The van der Waals surface area contributed by atoms with E-state index in [0.29, 0.717) is 5.92 Å². The average Bonchev–Trinajstić information content (AvgIpc) is 2.97. The summed E-state index contributed by atoms with van der Waals surface area (Å²) in [5.41, 5.74) is 2.05. The summed E-state index contributed by atoms with van der Waals surface area (Å²) < 4.78 is 16.2. The zero-order chi connectivity index (χ0) is 13.9. The first kappa shape index (κ1) is 13.5. The van der Waals surface area contributed by atoms with E-state index in [4.69, 9.17) is 14.2 Å². The van der Waals surface area contributed by atoms with Gasteiger partial charge in [-0.25, -0.2) is 4.98 Å². The number of benzene rings is 1. The molecule has 0 amide bonds. The zero-order valence-corrected chi connectivity index (χ0v) is 12.4. The van der Waals surface area contributed by atoms with E-state index in [1.165, 1.54) is 5.56 Å². The van der Waals surface area contributed by atoms with E-state index in [9.17, 15) is 0 Å². The second kappa shape index (κ2) is 5.91. The van der Waals surface area contributed by atoms with Crippen LogP contribution >= 0.6 is 11.3 Å². The van der Waals surface area contributed by atoms with Gasteiger partial charge in [-0.2, -0.15) is 0 Å². The number of ether oxygens (including phenoxy) is 3. The summed E-state index contributed by atoms with van der Waals surface area (Å²) in [6.45, 7) is 0.731. The number of hydrogen-bond acceptors (Lipinski definition) is 5. The number of methoxy groups -OCH3 is 2. The molecule has 2 heterocycles. The molecule has 0 radical (unpaired) electrons. The molecule has 20 heavy (non-hydrogen) atoms. The molecule has 3 rings (SSSR count). The number of hydrogen-bond donors (Lipinski definition) is 0. The van der Waals surface area contributed by atoms with E-state index in [1.807, 2.05) is 23.6 Å². The topological polar surface area (TPSA) is 40.6 Å². The Bertz CT molecular complexity index is 580. The lowest BCUT2D eigenvalue weighted by atomic mass is 9.94. The highest BCUT2D eigenvalue weighted by atomic mass is 32.1. The molecule has 1 aliphatic rings. The van der Waals surface area contributed by atoms with Crippen LogP contribution in [0.2, 0.25) is 0 Å². The highest BCUT2D eigenvalue weighted by Crippen LogP contribution is 2.39. The Labute approximate surface area is 122 Å². The van der Waals surface area contributed by atoms with Crippen molar-refractivity contribution in [2.24, 2.45) is 0 Å². The Balaban J connectivity index is 1.91. The van der Waals surface area contributed by atoms with E-state index in [0.717, 1.165) is 29.5 Å². The molecular formula is C15H17NO3S. The van der Waals surface area contributed by atoms with Crippen LogP contribution in [0, 0.1) is 0 Å². The standard InChI is InChI=1S/C15H17NO3S/c1-17-15(18-2)12-9-20-14(16-12)11-7-8-19-13-6-4-3-5-10(11)13/h3-6,9,11,15H,7-8H2,1-2H3. The van der Waals surface area contributed by atoms with E-state index >= 15 is 0 Å². The minimum absolute atomic E-state index is 0.299. The third-order valence-electron chi connectivity index (χ3n) is 3.47. The molecule has 0 spiro atoms. The van der Waals surface area contributed by atoms with Crippen molar-refractivity contribution < 1.29 is 14.2 Å². The van der Waals surface area contributed by atoms with Gasteiger partial charge in [0, 0.05) is 31.1 Å². The van der Waals surface area contributed by atoms with Crippen LogP contribution in [0.5, 0.6) is 5.75 Å². The van der Waals surface area contributed by atoms with Crippen LogP contribution in [0.15, 0.2) is 29.6 Å². The lowest BCUT2D eigenvalue weighted by Crippen LogP contribution is -2.15. The van der Waals surface area contributed by atoms with Crippen molar-refractivity contribution in [3.63, 3.8) is 0 Å². The van der Waals surface area contributed by atoms with E-state index in [2.05, 4.69) is 11.1 Å². The van der Waals surface area contributed by atoms with Crippen LogP contribution in [0.4, 0.5) is 0 Å². The van der Waals surface area contributed by atoms with Gasteiger partial charge in [-0.1, -0.05) is 18.2 Å². The fraction of sp³-hybridized carbons (Fsp3) is 0.400. The first-order chi connectivity index (χ1) is 9.83. The van der Waals surface area contributed by atoms with Gasteiger partial charge < -0.3 is 14.2 Å². The predicted octanol–water partition coefficient (Wildman–Crippen LogP) is 3.35. The van der Waals surface area contributed by atoms with Gasteiger partial charge in [0.2, 0.25) is 6.29 Å². The summed E-state index contributed by atoms with van der Waals surface area (Å²) >= 11 is 1.65. The maximum atomic E-state index is 5.70. The number of aromatic nitrogens is 1. The average molecular weight is 291 g/mol. The van der Waals surface area contributed by atoms with Gasteiger partial charge in [0.15, 0.2) is 0 Å². The van der Waals surface area contributed by atoms with Gasteiger partial charge in [0.25, 0.3) is 0 Å². The second-order valence-corrected chi connectivity index (χ2v) is 5.53. The number of thiazole rings is 1. The molecule has 1 aromatic heterocycles. The largest absolute Gasteiger partial charge is 0.493 e. The summed E-state index contributed by atoms with van der Waals surface area (Å²) in [5.74, 6) is 1.27. The van der Waals surface area contributed by atoms with Crippen LogP contribution in [-0.4, -0.2) is 25.8 Å². The van der Waals surface area contributed by atoms with Crippen molar-refractivity contribution in [1.29, 1.82) is 0 Å². The van der Waals surface area contributed by atoms with Crippen molar-refractivity contribution in [2.75, 3.05) is 20.8 Å². The summed E-state index contributed by atoms with van der Waals surface area (Å²) in [7, 11) is 3.24. The molecule has 1 atom stereocenters. The third-order valence-corrected chi connectivity index (χ3v) is 4.44. The van der Waals surface area contributed by atoms with E-state index in [1.54, 1.807) is 25.6 Å². The molecule has 2 aromatic rings. The molecule has 4 nitrogen and oxygen atoms in total. The van der Waals surface area contributed by atoms with E-state index in [-0.39, 0.29) is 0 Å². The highest BCUT2D eigenvalue weighted by Gasteiger charge is 2.26. The number of fused-ring (bicyclic) bond motifs is 1. The minimum atomic E-state index is -0.393. The lowest BCUT2D eigenvalue weighted by Gasteiger charge is -2.24. The normalized spacial score (nSPS) is 17.9. The fourth-order valence-electron chi connectivity index (χ4n) is 2.51. The van der Waals surface area contributed by atoms with Crippen LogP contribution in [0.25, 0.3) is 0 Å². The van der Waals surface area contributed by atoms with Crippen molar-refractivity contribution >= 4 is 11.3 Å². The van der Waals surface area contributed by atoms with Crippen LogP contribution in [-0.2, 0) is 9.47 Å². The minimum Gasteiger partial charge on any atom is -0.493 e. The Hall–Kier alpha value is -1.43. The molecule has 0 N–H and O–H groups in total. The highest BCUT2D eigenvalue weighted by molar-refractivity contribution is 7.09. The summed E-state index contributed by atoms with van der Waals surface area (Å²) in [6, 6.07) is 8.18. The van der Waals surface area contributed by atoms with Gasteiger partial charge in [-0.3, -0.25) is 0 Å². The van der Waals surface area contributed by atoms with Crippen LogP contribution in [0.3, 0.4) is 0 Å². The van der Waals surface area contributed by atoms with Gasteiger partial charge in [-0.05, 0) is 12.5 Å². The Morgan fingerprint density at radius 3 is 2.90 bits per heavy atom. The van der Waals surface area contributed by atoms with Gasteiger partial charge in [-0.15, -0.1) is 11.3 Å². The van der Waals surface area contributed by atoms with Crippen LogP contribution in [0.1, 0.15) is 34.9 Å². The van der Waals surface area contributed by atoms with Crippen molar-refractivity contribution in [2.45, 2.75) is 18.6 Å². The van der Waals surface area contributed by atoms with Gasteiger partial charge in [0.05, 0.1) is 6.61 Å². The van der Waals surface area contributed by atoms with Gasteiger partial charge >= 0.3 is 0 Å². The number of nitrogens with zero attached hydrogens (tertiary/aromatic N) is 1. The Morgan fingerprint density at radius 1 is 1.30 bits per heavy atom. The number of rotatable bonds is 4. The molecule has 1 unspecified atom stereocenters. The van der Waals surface area contributed by atoms with Crippen LogP contribution < -0.4 is 4.74 Å². The predicted molar refractivity (Wildman–Crippen MR) is 77.3 cm³/mol. The van der Waals surface area contributed by atoms with Gasteiger partial charge in [0.1, 0.15) is 16.5 Å². The molecule has 0 bridgehead atoms. The molecular weight excluding hydrogens is 274 g/mol. The molecule has 0 saturated heterocycles. The number of para-hydroxylation sites is 1. The Kier molecular flexibility index (Phi) is 4.00. The molecule has 0 saturated carbocycles. The maximum Gasteiger partial charge on any atom is 0.201 e.